The van der Waals surface area contributed by atoms with Crippen LogP contribution in [0, 0.1) is 0 Å². The van der Waals surface area contributed by atoms with Crippen LogP contribution >= 0.6 is 11.6 Å². The fraction of sp³-hybridized carbons (Fsp3) is 0.438. The summed E-state index contributed by atoms with van der Waals surface area (Å²) < 4.78 is 0. The molecule has 1 aromatic rings. The third-order valence-corrected chi connectivity index (χ3v) is 4.88. The van der Waals surface area contributed by atoms with E-state index in [0.29, 0.717) is 42.3 Å². The summed E-state index contributed by atoms with van der Waals surface area (Å²) in [4.78, 5) is 39.4. The Morgan fingerprint density at radius 1 is 1.38 bits per heavy atom. The van der Waals surface area contributed by atoms with Crippen LogP contribution < -0.4 is 10.6 Å². The molecule has 2 N–H and O–H groups in total. The van der Waals surface area contributed by atoms with Gasteiger partial charge >= 0.3 is 6.03 Å². The molecule has 0 aliphatic carbocycles. The SMILES string of the molecule is CCC(=O)Nc1cc(Cl)ccc1C(=O)N1CC2(CNC(=O)N2C)C1. The van der Waals surface area contributed by atoms with Gasteiger partial charge in [-0.1, -0.05) is 18.5 Å². The van der Waals surface area contributed by atoms with E-state index in [1.165, 1.54) is 0 Å². The third kappa shape index (κ3) is 2.69. The van der Waals surface area contributed by atoms with Gasteiger partial charge in [0.1, 0.15) is 0 Å². The van der Waals surface area contributed by atoms with E-state index in [1.807, 2.05) is 0 Å². The van der Waals surface area contributed by atoms with E-state index in [0.717, 1.165) is 0 Å². The van der Waals surface area contributed by atoms with Crippen molar-refractivity contribution in [1.29, 1.82) is 0 Å². The number of likely N-dealkylation sites (N-methyl/N-ethyl adjacent to an activating group) is 1. The molecule has 2 aliphatic rings. The molecular weight excluding hydrogens is 332 g/mol. The number of halogens is 1. The van der Waals surface area contributed by atoms with Gasteiger partial charge in [0.25, 0.3) is 5.91 Å². The van der Waals surface area contributed by atoms with Gasteiger partial charge in [-0.15, -0.1) is 0 Å². The quantitative estimate of drug-likeness (QED) is 0.867. The normalized spacial score (nSPS) is 18.4. The molecule has 0 aromatic heterocycles. The molecule has 1 spiro atoms. The summed E-state index contributed by atoms with van der Waals surface area (Å²) in [5, 5.41) is 5.95. The summed E-state index contributed by atoms with van der Waals surface area (Å²) in [6.45, 7) is 3.20. The summed E-state index contributed by atoms with van der Waals surface area (Å²) >= 11 is 5.98. The second-order valence-corrected chi connectivity index (χ2v) is 6.63. The van der Waals surface area contributed by atoms with Crippen LogP contribution in [0.4, 0.5) is 10.5 Å². The minimum atomic E-state index is -0.327. The molecule has 8 heteroatoms. The molecule has 24 heavy (non-hydrogen) atoms. The summed E-state index contributed by atoms with van der Waals surface area (Å²) in [5.41, 5.74) is 0.483. The maximum Gasteiger partial charge on any atom is 0.317 e. The van der Waals surface area contributed by atoms with Crippen LogP contribution in [0.3, 0.4) is 0 Å². The second-order valence-electron chi connectivity index (χ2n) is 6.19. The zero-order valence-electron chi connectivity index (χ0n) is 13.6. The summed E-state index contributed by atoms with van der Waals surface area (Å²) in [6, 6.07) is 4.69. The predicted molar refractivity (Wildman–Crippen MR) is 90.2 cm³/mol. The van der Waals surface area contributed by atoms with E-state index in [9.17, 15) is 14.4 Å². The summed E-state index contributed by atoms with van der Waals surface area (Å²) in [6.07, 6.45) is 0.311. The fourth-order valence-electron chi connectivity index (χ4n) is 3.04. The number of carbonyl (C=O) groups excluding carboxylic acids is 3. The van der Waals surface area contributed by atoms with Crippen LogP contribution in [0.2, 0.25) is 5.02 Å². The molecule has 0 radical (unpaired) electrons. The first-order valence-corrected chi connectivity index (χ1v) is 8.14. The molecule has 4 amide bonds. The number of rotatable bonds is 3. The van der Waals surface area contributed by atoms with E-state index >= 15 is 0 Å². The molecule has 2 saturated heterocycles. The van der Waals surface area contributed by atoms with Gasteiger partial charge in [-0.05, 0) is 18.2 Å². The lowest BCUT2D eigenvalue weighted by Crippen LogP contribution is -2.70. The van der Waals surface area contributed by atoms with E-state index in [1.54, 1.807) is 42.0 Å². The van der Waals surface area contributed by atoms with Crippen LogP contribution in [0.25, 0.3) is 0 Å². The minimum absolute atomic E-state index is 0.121. The number of benzene rings is 1. The van der Waals surface area contributed by atoms with Gasteiger partial charge in [-0.2, -0.15) is 0 Å². The monoisotopic (exact) mass is 350 g/mol. The summed E-state index contributed by atoms with van der Waals surface area (Å²) in [7, 11) is 1.74. The highest BCUT2D eigenvalue weighted by Gasteiger charge is 2.53. The number of nitrogens with one attached hydrogen (secondary N) is 2. The Balaban J connectivity index is 1.77. The van der Waals surface area contributed by atoms with Crippen molar-refractivity contribution in [3.63, 3.8) is 0 Å². The molecule has 0 atom stereocenters. The average Bonchev–Trinajstić information content (AvgIpc) is 2.81. The molecule has 2 aliphatic heterocycles. The fourth-order valence-corrected chi connectivity index (χ4v) is 3.21. The number of hydrogen-bond acceptors (Lipinski definition) is 3. The van der Waals surface area contributed by atoms with Gasteiger partial charge in [0, 0.05) is 38.1 Å². The van der Waals surface area contributed by atoms with Crippen molar-refractivity contribution in [1.82, 2.24) is 15.1 Å². The Morgan fingerprint density at radius 2 is 2.08 bits per heavy atom. The number of nitrogens with zero attached hydrogens (tertiary/aromatic N) is 2. The highest BCUT2D eigenvalue weighted by Crippen LogP contribution is 2.32. The Morgan fingerprint density at radius 3 is 2.67 bits per heavy atom. The van der Waals surface area contributed by atoms with Gasteiger partial charge in [0.05, 0.1) is 16.8 Å². The number of hydrogen-bond donors (Lipinski definition) is 2. The zero-order valence-corrected chi connectivity index (χ0v) is 14.3. The lowest BCUT2D eigenvalue weighted by atomic mass is 9.88. The Hall–Kier alpha value is -2.28. The Bertz CT molecular complexity index is 715. The molecule has 2 heterocycles. The highest BCUT2D eigenvalue weighted by atomic mass is 35.5. The first-order chi connectivity index (χ1) is 11.4. The first kappa shape index (κ1) is 16.6. The standard InChI is InChI=1S/C16H19ClN4O3/c1-3-13(22)19-12-6-10(17)4-5-11(12)14(23)21-8-16(9-21)7-18-15(24)20(16)2/h4-6H,3,7-9H2,1-2H3,(H,18,24)(H,19,22). The van der Waals surface area contributed by atoms with E-state index in [-0.39, 0.29) is 23.4 Å². The van der Waals surface area contributed by atoms with Crippen LogP contribution in [0.1, 0.15) is 23.7 Å². The van der Waals surface area contributed by atoms with Crippen molar-refractivity contribution in [2.24, 2.45) is 0 Å². The van der Waals surface area contributed by atoms with Crippen LogP contribution in [-0.4, -0.2) is 59.9 Å². The Labute approximate surface area is 144 Å². The summed E-state index contributed by atoms with van der Waals surface area (Å²) in [5.74, 6) is -0.367. The van der Waals surface area contributed by atoms with Gasteiger partial charge in [0.2, 0.25) is 5.91 Å². The van der Waals surface area contributed by atoms with Crippen LogP contribution in [0.5, 0.6) is 0 Å². The number of amides is 4. The smallest absolute Gasteiger partial charge is 0.317 e. The number of likely N-dealkylation sites (tertiary alicyclic amines) is 1. The predicted octanol–water partition coefficient (Wildman–Crippen LogP) is 1.54. The molecular formula is C16H19ClN4O3. The van der Waals surface area contributed by atoms with E-state index < -0.39 is 0 Å². The number of carbonyl (C=O) groups is 3. The van der Waals surface area contributed by atoms with E-state index in [2.05, 4.69) is 10.6 Å². The van der Waals surface area contributed by atoms with Crippen molar-refractivity contribution in [3.8, 4) is 0 Å². The molecule has 1 aromatic carbocycles. The van der Waals surface area contributed by atoms with Gasteiger partial charge in [-0.3, -0.25) is 9.59 Å². The molecule has 0 saturated carbocycles. The van der Waals surface area contributed by atoms with Gasteiger partial charge < -0.3 is 20.4 Å². The molecule has 2 fully saturated rings. The molecule has 0 unspecified atom stereocenters. The highest BCUT2D eigenvalue weighted by molar-refractivity contribution is 6.31. The van der Waals surface area contributed by atoms with Gasteiger partial charge in [-0.25, -0.2) is 4.79 Å². The van der Waals surface area contributed by atoms with Crippen molar-refractivity contribution >= 4 is 35.1 Å². The number of urea groups is 1. The molecule has 128 valence electrons. The lowest BCUT2D eigenvalue weighted by Gasteiger charge is -2.50. The van der Waals surface area contributed by atoms with Gasteiger partial charge in [0.15, 0.2) is 0 Å². The van der Waals surface area contributed by atoms with Crippen LogP contribution in [0.15, 0.2) is 18.2 Å². The van der Waals surface area contributed by atoms with Crippen LogP contribution in [-0.2, 0) is 4.79 Å². The lowest BCUT2D eigenvalue weighted by molar-refractivity contribution is -0.115. The average molecular weight is 351 g/mol. The van der Waals surface area contributed by atoms with Crippen molar-refractivity contribution in [3.05, 3.63) is 28.8 Å². The maximum absolute atomic E-state index is 12.8. The third-order valence-electron chi connectivity index (χ3n) is 4.65. The maximum atomic E-state index is 12.8. The largest absolute Gasteiger partial charge is 0.335 e. The molecule has 0 bridgehead atoms. The molecule has 3 rings (SSSR count). The van der Waals surface area contributed by atoms with E-state index in [4.69, 9.17) is 11.6 Å². The molecule has 7 nitrogen and oxygen atoms in total. The topological polar surface area (TPSA) is 81.8 Å². The second kappa shape index (κ2) is 5.98. The van der Waals surface area contributed by atoms with Crippen molar-refractivity contribution in [2.75, 3.05) is 32.0 Å². The number of anilines is 1. The van der Waals surface area contributed by atoms with Crippen molar-refractivity contribution in [2.45, 2.75) is 18.9 Å². The first-order valence-electron chi connectivity index (χ1n) is 7.76. The zero-order chi connectivity index (χ0) is 17.5. The Kier molecular flexibility index (Phi) is 4.13. The van der Waals surface area contributed by atoms with Crippen molar-refractivity contribution < 1.29 is 14.4 Å². The minimum Gasteiger partial charge on any atom is -0.335 e.